The maximum atomic E-state index is 12.0. The van der Waals surface area contributed by atoms with Crippen LogP contribution in [0.5, 0.6) is 5.75 Å². The lowest BCUT2D eigenvalue weighted by Gasteiger charge is -2.21. The normalized spacial score (nSPS) is 13.7. The van der Waals surface area contributed by atoms with E-state index in [-0.39, 0.29) is 18.5 Å². The molecule has 1 saturated heterocycles. The van der Waals surface area contributed by atoms with Gasteiger partial charge in [-0.1, -0.05) is 6.07 Å². The average Bonchev–Trinajstić information content (AvgIpc) is 3.04. The van der Waals surface area contributed by atoms with Crippen LogP contribution in [0.25, 0.3) is 0 Å². The lowest BCUT2D eigenvalue weighted by atomic mass is 10.1. The van der Waals surface area contributed by atoms with Gasteiger partial charge in [0.25, 0.3) is 0 Å². The molecule has 1 aromatic rings. The Kier molecular flexibility index (Phi) is 6.46. The molecule has 1 heterocycles. The summed E-state index contributed by atoms with van der Waals surface area (Å²) in [4.78, 5) is 27.2. The Bertz CT molecular complexity index is 563. The van der Waals surface area contributed by atoms with Crippen LogP contribution in [-0.4, -0.2) is 61.6 Å². The van der Waals surface area contributed by atoms with E-state index in [1.54, 1.807) is 7.05 Å². The molecule has 0 radical (unpaired) electrons. The fourth-order valence-electron chi connectivity index (χ4n) is 2.82. The number of amides is 3. The Morgan fingerprint density at radius 1 is 1.17 bits per heavy atom. The molecular weight excluding hydrogens is 306 g/mol. The molecule has 0 saturated carbocycles. The Labute approximate surface area is 143 Å². The minimum Gasteiger partial charge on any atom is -0.492 e. The summed E-state index contributed by atoms with van der Waals surface area (Å²) in [6, 6.07) is 5.76. The number of rotatable bonds is 6. The third kappa shape index (κ3) is 5.44. The van der Waals surface area contributed by atoms with Crippen molar-refractivity contribution in [3.8, 4) is 5.75 Å². The highest BCUT2D eigenvalue weighted by molar-refractivity contribution is 5.84. The van der Waals surface area contributed by atoms with Crippen LogP contribution < -0.4 is 10.1 Å². The van der Waals surface area contributed by atoms with Crippen molar-refractivity contribution in [1.29, 1.82) is 0 Å². The first-order valence-corrected chi connectivity index (χ1v) is 8.43. The highest BCUT2D eigenvalue weighted by Gasteiger charge is 2.20. The second-order valence-corrected chi connectivity index (χ2v) is 6.35. The fourth-order valence-corrected chi connectivity index (χ4v) is 2.82. The van der Waals surface area contributed by atoms with Gasteiger partial charge in [-0.15, -0.1) is 0 Å². The summed E-state index contributed by atoms with van der Waals surface area (Å²) in [7, 11) is 1.63. The molecule has 1 aliphatic rings. The third-order valence-corrected chi connectivity index (χ3v) is 4.02. The molecular formula is C18H27N3O3. The second-order valence-electron chi connectivity index (χ2n) is 6.35. The Morgan fingerprint density at radius 2 is 1.79 bits per heavy atom. The van der Waals surface area contributed by atoms with Gasteiger partial charge in [-0.2, -0.15) is 0 Å². The number of likely N-dealkylation sites (tertiary alicyclic amines) is 1. The first-order valence-electron chi connectivity index (χ1n) is 8.43. The van der Waals surface area contributed by atoms with Crippen molar-refractivity contribution in [3.05, 3.63) is 29.3 Å². The molecule has 6 heteroatoms. The number of carbonyl (C=O) groups excluding carboxylic acids is 2. The summed E-state index contributed by atoms with van der Waals surface area (Å²) >= 11 is 0. The Hall–Kier alpha value is -2.24. The van der Waals surface area contributed by atoms with E-state index >= 15 is 0 Å². The summed E-state index contributed by atoms with van der Waals surface area (Å²) < 4.78 is 5.65. The van der Waals surface area contributed by atoms with E-state index in [1.165, 1.54) is 4.90 Å². The van der Waals surface area contributed by atoms with Gasteiger partial charge in [-0.05, 0) is 49.9 Å². The minimum atomic E-state index is -0.258. The standard InChI is InChI=1S/C18H27N3O3/c1-14-10-15(2)12-16(11-14)24-9-6-19-18(23)20(3)13-17(22)21-7-4-5-8-21/h10-12H,4-9,13H2,1-3H3,(H,19,23). The van der Waals surface area contributed by atoms with Crippen molar-refractivity contribution in [3.63, 3.8) is 0 Å². The van der Waals surface area contributed by atoms with E-state index in [0.29, 0.717) is 13.2 Å². The Morgan fingerprint density at radius 3 is 2.42 bits per heavy atom. The SMILES string of the molecule is Cc1cc(C)cc(OCCNC(=O)N(C)CC(=O)N2CCCC2)c1. The summed E-state index contributed by atoms with van der Waals surface area (Å²) in [6.07, 6.45) is 2.11. The van der Waals surface area contributed by atoms with E-state index in [4.69, 9.17) is 4.74 Å². The molecule has 0 atom stereocenters. The summed E-state index contributed by atoms with van der Waals surface area (Å²) in [6.45, 7) is 6.55. The lowest BCUT2D eigenvalue weighted by Crippen LogP contribution is -2.44. The van der Waals surface area contributed by atoms with Gasteiger partial charge in [0.1, 0.15) is 18.9 Å². The number of aryl methyl sites for hydroxylation is 2. The van der Waals surface area contributed by atoms with Crippen molar-refractivity contribution >= 4 is 11.9 Å². The molecule has 24 heavy (non-hydrogen) atoms. The monoisotopic (exact) mass is 333 g/mol. The van der Waals surface area contributed by atoms with E-state index in [9.17, 15) is 9.59 Å². The molecule has 0 aliphatic carbocycles. The number of hydrogen-bond acceptors (Lipinski definition) is 3. The van der Waals surface area contributed by atoms with Gasteiger partial charge in [0.15, 0.2) is 0 Å². The van der Waals surface area contributed by atoms with Crippen LogP contribution in [0.2, 0.25) is 0 Å². The van der Waals surface area contributed by atoms with Crippen LogP contribution >= 0.6 is 0 Å². The van der Waals surface area contributed by atoms with Crippen LogP contribution in [0.1, 0.15) is 24.0 Å². The van der Waals surface area contributed by atoms with E-state index in [2.05, 4.69) is 11.4 Å². The van der Waals surface area contributed by atoms with Crippen molar-refractivity contribution in [2.75, 3.05) is 39.8 Å². The maximum Gasteiger partial charge on any atom is 0.317 e. The largest absolute Gasteiger partial charge is 0.492 e. The number of hydrogen-bond donors (Lipinski definition) is 1. The second kappa shape index (κ2) is 8.57. The van der Waals surface area contributed by atoms with Crippen molar-refractivity contribution in [2.45, 2.75) is 26.7 Å². The predicted molar refractivity (Wildman–Crippen MR) is 93.3 cm³/mol. The molecule has 1 aliphatic heterocycles. The quantitative estimate of drug-likeness (QED) is 0.810. The van der Waals surface area contributed by atoms with Gasteiger partial charge in [-0.25, -0.2) is 4.79 Å². The van der Waals surface area contributed by atoms with Crippen molar-refractivity contribution < 1.29 is 14.3 Å². The summed E-state index contributed by atoms with van der Waals surface area (Å²) in [5.74, 6) is 0.816. The van der Waals surface area contributed by atoms with Crippen molar-refractivity contribution in [2.24, 2.45) is 0 Å². The number of nitrogens with one attached hydrogen (secondary N) is 1. The highest BCUT2D eigenvalue weighted by atomic mass is 16.5. The Balaban J connectivity index is 1.67. The molecule has 6 nitrogen and oxygen atoms in total. The molecule has 0 unspecified atom stereocenters. The van der Waals surface area contributed by atoms with E-state index < -0.39 is 0 Å². The number of urea groups is 1. The van der Waals surface area contributed by atoms with E-state index in [1.807, 2.05) is 30.9 Å². The molecule has 0 spiro atoms. The number of nitrogens with zero attached hydrogens (tertiary/aromatic N) is 2. The van der Waals surface area contributed by atoms with Gasteiger partial charge < -0.3 is 19.9 Å². The number of likely N-dealkylation sites (N-methyl/N-ethyl adjacent to an activating group) is 1. The zero-order valence-electron chi connectivity index (χ0n) is 14.8. The predicted octanol–water partition coefficient (Wildman–Crippen LogP) is 1.95. The number of carbonyl (C=O) groups is 2. The van der Waals surface area contributed by atoms with Gasteiger partial charge >= 0.3 is 6.03 Å². The van der Waals surface area contributed by atoms with Crippen LogP contribution in [0.4, 0.5) is 4.79 Å². The van der Waals surface area contributed by atoms with Gasteiger partial charge in [0.05, 0.1) is 6.54 Å². The third-order valence-electron chi connectivity index (χ3n) is 4.02. The summed E-state index contributed by atoms with van der Waals surface area (Å²) in [5.41, 5.74) is 2.29. The van der Waals surface area contributed by atoms with Gasteiger partial charge in [-0.3, -0.25) is 4.79 Å². The topological polar surface area (TPSA) is 61.9 Å². The molecule has 132 valence electrons. The molecule has 2 rings (SSSR count). The first-order chi connectivity index (χ1) is 11.5. The van der Waals surface area contributed by atoms with E-state index in [0.717, 1.165) is 42.8 Å². The van der Waals surface area contributed by atoms with Crippen LogP contribution in [0.3, 0.4) is 0 Å². The fraction of sp³-hybridized carbons (Fsp3) is 0.556. The van der Waals surface area contributed by atoms with Crippen LogP contribution in [0.15, 0.2) is 18.2 Å². The van der Waals surface area contributed by atoms with Crippen molar-refractivity contribution in [1.82, 2.24) is 15.1 Å². The molecule has 0 aromatic heterocycles. The number of benzene rings is 1. The first kappa shape index (κ1) is 18.1. The molecule has 1 fully saturated rings. The van der Waals surface area contributed by atoms with Crippen LogP contribution in [0, 0.1) is 13.8 Å². The zero-order valence-corrected chi connectivity index (χ0v) is 14.8. The highest BCUT2D eigenvalue weighted by Crippen LogP contribution is 2.15. The molecule has 0 bridgehead atoms. The maximum absolute atomic E-state index is 12.0. The van der Waals surface area contributed by atoms with Gasteiger partial charge in [0.2, 0.25) is 5.91 Å². The molecule has 3 amide bonds. The summed E-state index contributed by atoms with van der Waals surface area (Å²) in [5, 5.41) is 2.77. The molecule has 1 aromatic carbocycles. The zero-order chi connectivity index (χ0) is 17.5. The smallest absolute Gasteiger partial charge is 0.317 e. The average molecular weight is 333 g/mol. The lowest BCUT2D eigenvalue weighted by molar-refractivity contribution is -0.130. The minimum absolute atomic E-state index is 0.0108. The van der Waals surface area contributed by atoms with Crippen LogP contribution in [-0.2, 0) is 4.79 Å². The van der Waals surface area contributed by atoms with Gasteiger partial charge in [0, 0.05) is 20.1 Å². The number of ether oxygens (including phenoxy) is 1. The molecule has 1 N–H and O–H groups in total.